The lowest BCUT2D eigenvalue weighted by atomic mass is 10.3. The van der Waals surface area contributed by atoms with E-state index < -0.39 is 9.84 Å². The average Bonchev–Trinajstić information content (AvgIpc) is 2.39. The third-order valence-electron chi connectivity index (χ3n) is 2.56. The van der Waals surface area contributed by atoms with Gasteiger partial charge in [-0.1, -0.05) is 17.7 Å². The minimum atomic E-state index is -3.50. The lowest BCUT2D eigenvalue weighted by Crippen LogP contribution is -2.02. The van der Waals surface area contributed by atoms with Crippen LogP contribution in [0.1, 0.15) is 0 Å². The quantitative estimate of drug-likeness (QED) is 0.940. The Morgan fingerprint density at radius 1 is 1.00 bits per heavy atom. The standard InChI is InChI=1S/C13H12ClNO2S/c1-15-11-5-7-12(8-6-11)18(16,17)13-4-2-3-10(14)9-13/h2-9,15H,1H3. The molecule has 94 valence electrons. The zero-order valence-electron chi connectivity index (χ0n) is 9.72. The van der Waals surface area contributed by atoms with Crippen LogP contribution in [-0.2, 0) is 9.84 Å². The van der Waals surface area contributed by atoms with Gasteiger partial charge >= 0.3 is 0 Å². The summed E-state index contributed by atoms with van der Waals surface area (Å²) in [7, 11) is -1.72. The average molecular weight is 282 g/mol. The summed E-state index contributed by atoms with van der Waals surface area (Å²) in [6, 6.07) is 12.8. The van der Waals surface area contributed by atoms with Gasteiger partial charge in [0.15, 0.2) is 0 Å². The van der Waals surface area contributed by atoms with Crippen molar-refractivity contribution in [2.45, 2.75) is 9.79 Å². The number of sulfone groups is 1. The minimum absolute atomic E-state index is 0.201. The van der Waals surface area contributed by atoms with E-state index in [1.54, 1.807) is 43.4 Å². The molecule has 5 heteroatoms. The molecule has 2 rings (SSSR count). The van der Waals surface area contributed by atoms with Gasteiger partial charge < -0.3 is 5.32 Å². The van der Waals surface area contributed by atoms with Gasteiger partial charge in [-0.3, -0.25) is 0 Å². The van der Waals surface area contributed by atoms with Gasteiger partial charge in [-0.15, -0.1) is 0 Å². The highest BCUT2D eigenvalue weighted by molar-refractivity contribution is 7.91. The van der Waals surface area contributed by atoms with Gasteiger partial charge in [-0.25, -0.2) is 8.42 Å². The van der Waals surface area contributed by atoms with Crippen LogP contribution in [0.4, 0.5) is 5.69 Å². The Morgan fingerprint density at radius 3 is 2.22 bits per heavy atom. The van der Waals surface area contributed by atoms with Crippen LogP contribution in [0.3, 0.4) is 0 Å². The van der Waals surface area contributed by atoms with Gasteiger partial charge in [0.2, 0.25) is 9.84 Å². The minimum Gasteiger partial charge on any atom is -0.388 e. The van der Waals surface area contributed by atoms with E-state index in [-0.39, 0.29) is 9.79 Å². The molecule has 0 bridgehead atoms. The fourth-order valence-electron chi connectivity index (χ4n) is 1.57. The van der Waals surface area contributed by atoms with Crippen molar-refractivity contribution in [3.8, 4) is 0 Å². The summed E-state index contributed by atoms with van der Waals surface area (Å²) in [4.78, 5) is 0.455. The summed E-state index contributed by atoms with van der Waals surface area (Å²) in [6.07, 6.45) is 0. The maximum atomic E-state index is 12.3. The van der Waals surface area contributed by atoms with Crippen molar-refractivity contribution in [2.75, 3.05) is 12.4 Å². The largest absolute Gasteiger partial charge is 0.388 e. The van der Waals surface area contributed by atoms with Crippen molar-refractivity contribution in [2.24, 2.45) is 0 Å². The molecule has 0 heterocycles. The van der Waals surface area contributed by atoms with Crippen molar-refractivity contribution in [1.29, 1.82) is 0 Å². The molecule has 2 aromatic rings. The molecule has 0 atom stereocenters. The lowest BCUT2D eigenvalue weighted by Gasteiger charge is -2.06. The van der Waals surface area contributed by atoms with E-state index in [9.17, 15) is 8.42 Å². The third-order valence-corrected chi connectivity index (χ3v) is 4.56. The molecule has 0 amide bonds. The van der Waals surface area contributed by atoms with Crippen molar-refractivity contribution in [3.63, 3.8) is 0 Å². The second-order valence-corrected chi connectivity index (χ2v) is 6.12. The number of benzene rings is 2. The first-order valence-electron chi connectivity index (χ1n) is 5.32. The van der Waals surface area contributed by atoms with E-state index >= 15 is 0 Å². The van der Waals surface area contributed by atoms with Crippen LogP contribution in [0.5, 0.6) is 0 Å². The molecule has 0 unspecified atom stereocenters. The highest BCUT2D eigenvalue weighted by atomic mass is 35.5. The summed E-state index contributed by atoms with van der Waals surface area (Å²) in [5.41, 5.74) is 0.861. The second-order valence-electron chi connectivity index (χ2n) is 3.74. The number of rotatable bonds is 3. The van der Waals surface area contributed by atoms with E-state index in [0.29, 0.717) is 5.02 Å². The molecule has 0 aromatic heterocycles. The molecule has 2 aromatic carbocycles. The zero-order valence-corrected chi connectivity index (χ0v) is 11.3. The monoisotopic (exact) mass is 281 g/mol. The molecule has 0 aliphatic rings. The van der Waals surface area contributed by atoms with Crippen LogP contribution in [0.2, 0.25) is 5.02 Å². The maximum absolute atomic E-state index is 12.3. The Hall–Kier alpha value is -1.52. The summed E-state index contributed by atoms with van der Waals surface area (Å²) < 4.78 is 24.6. The molecule has 0 saturated heterocycles. The summed E-state index contributed by atoms with van der Waals surface area (Å²) in [6.45, 7) is 0. The molecule has 0 fully saturated rings. The predicted molar refractivity (Wildman–Crippen MR) is 72.9 cm³/mol. The van der Waals surface area contributed by atoms with E-state index in [1.807, 2.05) is 0 Å². The molecule has 0 aliphatic heterocycles. The molecule has 18 heavy (non-hydrogen) atoms. The fourth-order valence-corrected chi connectivity index (χ4v) is 3.13. The Labute approximate surface area is 111 Å². The van der Waals surface area contributed by atoms with Gasteiger partial charge in [0, 0.05) is 17.8 Å². The maximum Gasteiger partial charge on any atom is 0.206 e. The van der Waals surface area contributed by atoms with Crippen molar-refractivity contribution >= 4 is 27.1 Å². The number of hydrogen-bond donors (Lipinski definition) is 1. The molecule has 0 radical (unpaired) electrons. The molecule has 0 aliphatic carbocycles. The van der Waals surface area contributed by atoms with Crippen molar-refractivity contribution in [1.82, 2.24) is 0 Å². The number of anilines is 1. The third kappa shape index (κ3) is 2.49. The van der Waals surface area contributed by atoms with Crippen LogP contribution in [0.25, 0.3) is 0 Å². The van der Waals surface area contributed by atoms with Gasteiger partial charge in [-0.05, 0) is 42.5 Å². The molecule has 0 saturated carbocycles. The Bertz CT molecular complexity index is 651. The van der Waals surface area contributed by atoms with E-state index in [0.717, 1.165) is 5.69 Å². The molecular weight excluding hydrogens is 270 g/mol. The summed E-state index contributed by atoms with van der Waals surface area (Å²) >= 11 is 5.81. The van der Waals surface area contributed by atoms with Gasteiger partial charge in [0.05, 0.1) is 9.79 Å². The number of nitrogens with one attached hydrogen (secondary N) is 1. The van der Waals surface area contributed by atoms with E-state index in [4.69, 9.17) is 11.6 Å². The van der Waals surface area contributed by atoms with Crippen molar-refractivity contribution < 1.29 is 8.42 Å². The number of halogens is 1. The highest BCUT2D eigenvalue weighted by Crippen LogP contribution is 2.24. The number of hydrogen-bond acceptors (Lipinski definition) is 3. The summed E-state index contributed by atoms with van der Waals surface area (Å²) in [5, 5.41) is 3.34. The first kappa shape index (κ1) is 12.9. The van der Waals surface area contributed by atoms with Crippen LogP contribution in [-0.4, -0.2) is 15.5 Å². The summed E-state index contributed by atoms with van der Waals surface area (Å²) in [5.74, 6) is 0. The Kier molecular flexibility index (Phi) is 3.59. The van der Waals surface area contributed by atoms with E-state index in [2.05, 4.69) is 5.32 Å². The van der Waals surface area contributed by atoms with Crippen LogP contribution >= 0.6 is 11.6 Å². The van der Waals surface area contributed by atoms with Gasteiger partial charge in [-0.2, -0.15) is 0 Å². The Balaban J connectivity index is 2.47. The molecule has 1 N–H and O–H groups in total. The lowest BCUT2D eigenvalue weighted by molar-refractivity contribution is 0.596. The van der Waals surface area contributed by atoms with Gasteiger partial charge in [0.25, 0.3) is 0 Å². The zero-order chi connectivity index (χ0) is 13.2. The van der Waals surface area contributed by atoms with Crippen LogP contribution in [0.15, 0.2) is 58.3 Å². The predicted octanol–water partition coefficient (Wildman–Crippen LogP) is 3.21. The van der Waals surface area contributed by atoms with Gasteiger partial charge in [0.1, 0.15) is 0 Å². The highest BCUT2D eigenvalue weighted by Gasteiger charge is 2.17. The molecule has 0 spiro atoms. The fraction of sp³-hybridized carbons (Fsp3) is 0.0769. The topological polar surface area (TPSA) is 46.2 Å². The van der Waals surface area contributed by atoms with E-state index in [1.165, 1.54) is 12.1 Å². The van der Waals surface area contributed by atoms with Crippen molar-refractivity contribution in [3.05, 3.63) is 53.6 Å². The molecular formula is C13H12ClNO2S. The smallest absolute Gasteiger partial charge is 0.206 e. The normalized spacial score (nSPS) is 11.2. The first-order chi connectivity index (χ1) is 8.54. The SMILES string of the molecule is CNc1ccc(S(=O)(=O)c2cccc(Cl)c2)cc1. The molecule has 3 nitrogen and oxygen atoms in total. The van der Waals surface area contributed by atoms with Crippen LogP contribution in [0, 0.1) is 0 Å². The Morgan fingerprint density at radius 2 is 1.67 bits per heavy atom. The second kappa shape index (κ2) is 5.00. The first-order valence-corrected chi connectivity index (χ1v) is 7.18. The van der Waals surface area contributed by atoms with Crippen LogP contribution < -0.4 is 5.32 Å².